The Balaban J connectivity index is 5.14. The lowest BCUT2D eigenvalue weighted by Gasteiger charge is -2.21. The second-order valence-corrected chi connectivity index (χ2v) is 29.4. The summed E-state index contributed by atoms with van der Waals surface area (Å²) >= 11 is 0. The first kappa shape index (κ1) is 89.1. The number of hydrogen-bond acceptors (Lipinski definition) is 15. The van der Waals surface area contributed by atoms with E-state index in [2.05, 4.69) is 34.6 Å². The fourth-order valence-electron chi connectivity index (χ4n) is 11.0. The van der Waals surface area contributed by atoms with Gasteiger partial charge in [-0.15, -0.1) is 0 Å². The lowest BCUT2D eigenvalue weighted by Crippen LogP contribution is -2.30. The Morgan fingerprint density at radius 3 is 0.747 bits per heavy atom. The molecule has 0 aliphatic rings. The highest BCUT2D eigenvalue weighted by molar-refractivity contribution is 7.47. The molecular formula is C72H140O17P2. The number of hydrogen-bond donors (Lipinski definition) is 3. The monoisotopic (exact) mass is 1340 g/mol. The van der Waals surface area contributed by atoms with Crippen LogP contribution in [0, 0.1) is 5.92 Å². The zero-order chi connectivity index (χ0) is 67.0. The second kappa shape index (κ2) is 65.4. The van der Waals surface area contributed by atoms with Gasteiger partial charge in [-0.2, -0.15) is 0 Å². The maximum atomic E-state index is 13.0. The average molecular weight is 1340 g/mol. The van der Waals surface area contributed by atoms with Crippen molar-refractivity contribution in [1.82, 2.24) is 0 Å². The number of rotatable bonds is 72. The highest BCUT2D eigenvalue weighted by atomic mass is 31.2. The highest BCUT2D eigenvalue weighted by Gasteiger charge is 2.30. The van der Waals surface area contributed by atoms with Gasteiger partial charge in [-0.05, 0) is 31.6 Å². The van der Waals surface area contributed by atoms with Crippen molar-refractivity contribution in [2.75, 3.05) is 39.6 Å². The van der Waals surface area contributed by atoms with Gasteiger partial charge in [-0.25, -0.2) is 9.13 Å². The highest BCUT2D eigenvalue weighted by Crippen LogP contribution is 2.45. The summed E-state index contributed by atoms with van der Waals surface area (Å²) in [6.07, 6.45) is 53.3. The molecule has 0 radical (unpaired) electrons. The molecule has 5 atom stereocenters. The van der Waals surface area contributed by atoms with Gasteiger partial charge in [0.25, 0.3) is 0 Å². The van der Waals surface area contributed by atoms with Gasteiger partial charge in [-0.1, -0.05) is 324 Å². The number of phosphoric ester groups is 2. The molecule has 0 saturated heterocycles. The summed E-state index contributed by atoms with van der Waals surface area (Å²) in [6.45, 7) is 7.13. The van der Waals surface area contributed by atoms with E-state index in [0.717, 1.165) is 102 Å². The summed E-state index contributed by atoms with van der Waals surface area (Å²) in [7, 11) is -9.89. The second-order valence-electron chi connectivity index (χ2n) is 26.5. The summed E-state index contributed by atoms with van der Waals surface area (Å²) in [4.78, 5) is 72.3. The van der Waals surface area contributed by atoms with Crippen LogP contribution in [-0.2, 0) is 65.4 Å². The molecule has 3 N–H and O–H groups in total. The van der Waals surface area contributed by atoms with Crippen molar-refractivity contribution in [3.05, 3.63) is 0 Å². The molecule has 0 bridgehead atoms. The smallest absolute Gasteiger partial charge is 0.462 e. The third-order valence-electron chi connectivity index (χ3n) is 16.8. The van der Waals surface area contributed by atoms with E-state index < -0.39 is 97.5 Å². The zero-order valence-electron chi connectivity index (χ0n) is 59.0. The predicted molar refractivity (Wildman–Crippen MR) is 368 cm³/mol. The number of phosphoric acid groups is 2. The molecule has 17 nitrogen and oxygen atoms in total. The topological polar surface area (TPSA) is 237 Å². The summed E-state index contributed by atoms with van der Waals surface area (Å²) in [5, 5.41) is 10.6. The first-order valence-electron chi connectivity index (χ1n) is 37.6. The van der Waals surface area contributed by atoms with Crippen LogP contribution in [0.4, 0.5) is 0 Å². The number of carbonyl (C=O) groups excluding carboxylic acids is 4. The SMILES string of the molecule is CCCCCCCCCCCCCCCCCCCCCC(=O)O[C@H](COC(=O)CCCCCCCCCCCCCCCCCC)COP(=O)(O)OC[C@@H](O)COP(=O)(O)OC[C@@H](COC(=O)CCCCCCC)OC(=O)CCCCCCCCCCC(C)C. The molecule has 0 aromatic heterocycles. The fraction of sp³-hybridized carbons (Fsp3) is 0.944. The van der Waals surface area contributed by atoms with Crippen LogP contribution in [0.3, 0.4) is 0 Å². The molecule has 91 heavy (non-hydrogen) atoms. The number of carbonyl (C=O) groups is 4. The summed E-state index contributed by atoms with van der Waals surface area (Å²) in [5.41, 5.74) is 0. The first-order valence-corrected chi connectivity index (χ1v) is 40.6. The largest absolute Gasteiger partial charge is 0.472 e. The Morgan fingerprint density at radius 1 is 0.297 bits per heavy atom. The van der Waals surface area contributed by atoms with Gasteiger partial charge in [0.1, 0.15) is 19.3 Å². The fourth-order valence-corrected chi connectivity index (χ4v) is 12.6. The van der Waals surface area contributed by atoms with Crippen LogP contribution in [0.25, 0.3) is 0 Å². The number of aliphatic hydroxyl groups excluding tert-OH is 1. The Labute approximate surface area is 556 Å². The molecule has 0 aliphatic heterocycles. The van der Waals surface area contributed by atoms with Gasteiger partial charge in [-0.3, -0.25) is 37.3 Å². The predicted octanol–water partition coefficient (Wildman–Crippen LogP) is 20.9. The molecule has 0 heterocycles. The van der Waals surface area contributed by atoms with Gasteiger partial charge in [0.15, 0.2) is 12.2 Å². The van der Waals surface area contributed by atoms with Crippen molar-refractivity contribution in [2.24, 2.45) is 5.92 Å². The van der Waals surface area contributed by atoms with Gasteiger partial charge >= 0.3 is 39.5 Å². The van der Waals surface area contributed by atoms with E-state index in [1.807, 2.05) is 0 Å². The summed E-state index contributed by atoms with van der Waals surface area (Å²) < 4.78 is 68.1. The molecule has 0 fully saturated rings. The van der Waals surface area contributed by atoms with Gasteiger partial charge in [0, 0.05) is 25.7 Å². The lowest BCUT2D eigenvalue weighted by molar-refractivity contribution is -0.161. The number of aliphatic hydroxyl groups is 1. The van der Waals surface area contributed by atoms with Crippen molar-refractivity contribution in [1.29, 1.82) is 0 Å². The van der Waals surface area contributed by atoms with Gasteiger partial charge < -0.3 is 33.8 Å². The van der Waals surface area contributed by atoms with Crippen LogP contribution in [0.15, 0.2) is 0 Å². The lowest BCUT2D eigenvalue weighted by atomic mass is 10.0. The normalized spacial score (nSPS) is 14.0. The molecule has 2 unspecified atom stereocenters. The van der Waals surface area contributed by atoms with Crippen molar-refractivity contribution >= 4 is 39.5 Å². The molecular weight excluding hydrogens is 1200 g/mol. The van der Waals surface area contributed by atoms with Crippen LogP contribution < -0.4 is 0 Å². The molecule has 0 aliphatic carbocycles. The van der Waals surface area contributed by atoms with Crippen LogP contribution in [0.1, 0.15) is 375 Å². The van der Waals surface area contributed by atoms with Crippen LogP contribution in [-0.4, -0.2) is 96.7 Å². The van der Waals surface area contributed by atoms with Crippen LogP contribution in [0.2, 0.25) is 0 Å². The standard InChI is InChI=1S/C72H140O17P2/c1-6-9-12-15-17-19-21-23-25-27-28-29-31-33-35-37-42-47-52-57-71(76)89-68(62-83-70(75)56-51-46-41-36-34-32-30-26-24-22-20-18-16-13-10-7-2)64-87-91(80,81)85-60-66(73)59-84-90(78,79)86-63-67(61-82-69(74)55-50-44-14-11-8-3)88-72(77)58-53-48-43-39-38-40-45-49-54-65(4)5/h65-68,73H,6-64H2,1-5H3,(H,78,79)(H,80,81)/t66-,67+,68+/m0/s1. The molecule has 0 rings (SSSR count). The number of unbranched alkanes of at least 4 members (excludes halogenated alkanes) is 44. The Hall–Kier alpha value is -1.94. The van der Waals surface area contributed by atoms with Crippen molar-refractivity contribution in [3.63, 3.8) is 0 Å². The van der Waals surface area contributed by atoms with Crippen molar-refractivity contribution in [2.45, 2.75) is 393 Å². The third-order valence-corrected chi connectivity index (χ3v) is 18.7. The molecule has 0 aromatic carbocycles. The van der Waals surface area contributed by atoms with Gasteiger partial charge in [0.2, 0.25) is 0 Å². The maximum Gasteiger partial charge on any atom is 0.472 e. The molecule has 0 aromatic rings. The quantitative estimate of drug-likeness (QED) is 0.0222. The molecule has 0 spiro atoms. The molecule has 540 valence electrons. The third kappa shape index (κ3) is 66.5. The summed E-state index contributed by atoms with van der Waals surface area (Å²) in [6, 6.07) is 0. The van der Waals surface area contributed by atoms with E-state index in [4.69, 9.17) is 37.0 Å². The minimum Gasteiger partial charge on any atom is -0.462 e. The van der Waals surface area contributed by atoms with Crippen molar-refractivity contribution in [3.8, 4) is 0 Å². The number of ether oxygens (including phenoxy) is 4. The average Bonchev–Trinajstić information content (AvgIpc) is 3.69. The molecule has 19 heteroatoms. The van der Waals surface area contributed by atoms with Crippen LogP contribution in [0.5, 0.6) is 0 Å². The minimum atomic E-state index is -4.95. The van der Waals surface area contributed by atoms with E-state index >= 15 is 0 Å². The first-order chi connectivity index (χ1) is 44.0. The van der Waals surface area contributed by atoms with Crippen molar-refractivity contribution < 1.29 is 80.2 Å². The van der Waals surface area contributed by atoms with Gasteiger partial charge in [0.05, 0.1) is 26.4 Å². The molecule has 0 saturated carbocycles. The molecule has 0 amide bonds. The zero-order valence-corrected chi connectivity index (χ0v) is 60.8. The Morgan fingerprint density at radius 2 is 0.505 bits per heavy atom. The Bertz CT molecular complexity index is 1750. The maximum absolute atomic E-state index is 13.0. The van der Waals surface area contributed by atoms with E-state index in [1.54, 1.807) is 0 Å². The van der Waals surface area contributed by atoms with E-state index in [9.17, 15) is 43.2 Å². The van der Waals surface area contributed by atoms with E-state index in [1.165, 1.54) is 193 Å². The summed E-state index contributed by atoms with van der Waals surface area (Å²) in [5.74, 6) is -1.41. The van der Waals surface area contributed by atoms with Crippen LogP contribution >= 0.6 is 15.6 Å². The number of esters is 4. The Kier molecular flexibility index (Phi) is 64.0. The van der Waals surface area contributed by atoms with E-state index in [0.29, 0.717) is 25.7 Å². The van der Waals surface area contributed by atoms with E-state index in [-0.39, 0.29) is 25.7 Å². The minimum absolute atomic E-state index is 0.104.